The molecule has 1 saturated carbocycles. The molecule has 1 aliphatic carbocycles. The van der Waals surface area contributed by atoms with E-state index < -0.39 is 0 Å². The summed E-state index contributed by atoms with van der Waals surface area (Å²) >= 11 is 5.22. The second kappa shape index (κ2) is 6.04. The highest BCUT2D eigenvalue weighted by Gasteiger charge is 2.27. The Bertz CT molecular complexity index is 724. The van der Waals surface area contributed by atoms with Gasteiger partial charge < -0.3 is 5.32 Å². The van der Waals surface area contributed by atoms with E-state index in [1.807, 2.05) is 4.57 Å². The Morgan fingerprint density at radius 3 is 2.91 bits per heavy atom. The molecule has 0 saturated heterocycles. The highest BCUT2D eigenvalue weighted by Crippen LogP contribution is 2.35. The van der Waals surface area contributed by atoms with Gasteiger partial charge in [-0.3, -0.25) is 19.6 Å². The van der Waals surface area contributed by atoms with Crippen LogP contribution in [0.25, 0.3) is 0 Å². The molecule has 3 rings (SSSR count). The molecule has 7 nitrogen and oxygen atoms in total. The maximum Gasteiger partial charge on any atom is 0.272 e. The zero-order valence-corrected chi connectivity index (χ0v) is 13.5. The van der Waals surface area contributed by atoms with Gasteiger partial charge in [-0.2, -0.15) is 10.2 Å². The third kappa shape index (κ3) is 3.27. The zero-order chi connectivity index (χ0) is 15.7. The molecule has 0 unspecified atom stereocenters. The van der Waals surface area contributed by atoms with Crippen molar-refractivity contribution >= 4 is 18.1 Å². The van der Waals surface area contributed by atoms with Crippen molar-refractivity contribution in [2.75, 3.05) is 0 Å². The molecule has 0 spiro atoms. The maximum atomic E-state index is 12.2. The van der Waals surface area contributed by atoms with Crippen molar-refractivity contribution in [3.8, 4) is 0 Å². The van der Waals surface area contributed by atoms with Gasteiger partial charge in [-0.25, -0.2) is 0 Å². The molecule has 2 aromatic heterocycles. The Morgan fingerprint density at radius 2 is 2.23 bits per heavy atom. The molecule has 2 heterocycles. The predicted octanol–water partition coefficient (Wildman–Crippen LogP) is 2.13. The van der Waals surface area contributed by atoms with Gasteiger partial charge in [0.1, 0.15) is 5.69 Å². The minimum absolute atomic E-state index is 0.206. The van der Waals surface area contributed by atoms with Crippen LogP contribution in [0, 0.1) is 10.7 Å². The van der Waals surface area contributed by atoms with E-state index in [2.05, 4.69) is 39.6 Å². The van der Waals surface area contributed by atoms with Crippen LogP contribution in [0.3, 0.4) is 0 Å². The summed E-state index contributed by atoms with van der Waals surface area (Å²) in [4.78, 5) is 12.2. The molecule has 0 aliphatic heterocycles. The van der Waals surface area contributed by atoms with Crippen LogP contribution in [0.5, 0.6) is 0 Å². The van der Waals surface area contributed by atoms with E-state index in [0.29, 0.717) is 29.0 Å². The number of hydrogen-bond acceptors (Lipinski definition) is 4. The monoisotopic (exact) mass is 320 g/mol. The molecule has 8 heteroatoms. The normalized spacial score (nSPS) is 14.5. The minimum atomic E-state index is -0.206. The summed E-state index contributed by atoms with van der Waals surface area (Å²) in [5.74, 6) is 1.07. The van der Waals surface area contributed by atoms with Gasteiger partial charge in [0, 0.05) is 11.7 Å². The number of amides is 1. The fourth-order valence-electron chi connectivity index (χ4n) is 2.44. The molecular formula is C14H20N6OS. The van der Waals surface area contributed by atoms with E-state index in [4.69, 9.17) is 12.2 Å². The van der Waals surface area contributed by atoms with Gasteiger partial charge in [-0.05, 0) is 43.5 Å². The Morgan fingerprint density at radius 1 is 1.45 bits per heavy atom. The van der Waals surface area contributed by atoms with E-state index in [1.165, 1.54) is 0 Å². The van der Waals surface area contributed by atoms with E-state index in [0.717, 1.165) is 30.8 Å². The number of nitrogens with zero attached hydrogens (tertiary/aromatic N) is 3. The Kier molecular flexibility index (Phi) is 4.10. The van der Waals surface area contributed by atoms with Gasteiger partial charge in [0.05, 0.1) is 6.54 Å². The first-order valence-corrected chi connectivity index (χ1v) is 7.93. The quantitative estimate of drug-likeness (QED) is 0.711. The molecule has 2 aromatic rings. The van der Waals surface area contributed by atoms with Gasteiger partial charge in [0.2, 0.25) is 0 Å². The number of H-pyrrole nitrogens is 2. The van der Waals surface area contributed by atoms with Crippen molar-refractivity contribution in [3.63, 3.8) is 0 Å². The fourth-order valence-corrected chi connectivity index (χ4v) is 2.74. The third-order valence-electron chi connectivity index (χ3n) is 3.59. The smallest absolute Gasteiger partial charge is 0.272 e. The highest BCUT2D eigenvalue weighted by atomic mass is 32.1. The molecule has 22 heavy (non-hydrogen) atoms. The van der Waals surface area contributed by atoms with Gasteiger partial charge in [-0.1, -0.05) is 13.8 Å². The fraction of sp³-hybridized carbons (Fsp3) is 0.571. The SMILES string of the molecule is CC(C)Cc1cc(C(=O)NCc2n[nH]c(=S)n2C2CC2)n[nH]1. The van der Waals surface area contributed by atoms with Crippen LogP contribution in [0.4, 0.5) is 0 Å². The molecule has 0 atom stereocenters. The minimum Gasteiger partial charge on any atom is -0.343 e. The van der Waals surface area contributed by atoms with Crippen molar-refractivity contribution in [3.05, 3.63) is 28.0 Å². The number of aromatic amines is 2. The summed E-state index contributed by atoms with van der Waals surface area (Å²) in [6.07, 6.45) is 3.11. The van der Waals surface area contributed by atoms with Gasteiger partial charge in [0.15, 0.2) is 10.6 Å². The molecule has 0 bridgehead atoms. The van der Waals surface area contributed by atoms with Crippen LogP contribution < -0.4 is 5.32 Å². The van der Waals surface area contributed by atoms with Crippen LogP contribution in [-0.2, 0) is 13.0 Å². The first-order valence-electron chi connectivity index (χ1n) is 7.53. The number of carbonyl (C=O) groups excluding carboxylic acids is 1. The van der Waals surface area contributed by atoms with E-state index in [-0.39, 0.29) is 5.91 Å². The molecular weight excluding hydrogens is 300 g/mol. The van der Waals surface area contributed by atoms with Crippen molar-refractivity contribution in [2.45, 2.75) is 45.7 Å². The van der Waals surface area contributed by atoms with Gasteiger partial charge >= 0.3 is 0 Å². The summed E-state index contributed by atoms with van der Waals surface area (Å²) < 4.78 is 2.61. The van der Waals surface area contributed by atoms with E-state index in [1.54, 1.807) is 6.07 Å². The van der Waals surface area contributed by atoms with Crippen LogP contribution in [-0.4, -0.2) is 30.9 Å². The summed E-state index contributed by atoms with van der Waals surface area (Å²) in [5, 5.41) is 16.8. The Balaban J connectivity index is 1.63. The van der Waals surface area contributed by atoms with Crippen LogP contribution in [0.1, 0.15) is 54.7 Å². The predicted molar refractivity (Wildman–Crippen MR) is 84.0 cm³/mol. The van der Waals surface area contributed by atoms with Crippen molar-refractivity contribution in [1.29, 1.82) is 0 Å². The topological polar surface area (TPSA) is 91.4 Å². The molecule has 3 N–H and O–H groups in total. The molecule has 0 aromatic carbocycles. The number of hydrogen-bond donors (Lipinski definition) is 3. The summed E-state index contributed by atoms with van der Waals surface area (Å²) in [6, 6.07) is 2.23. The molecule has 1 fully saturated rings. The molecule has 1 amide bonds. The maximum absolute atomic E-state index is 12.2. The van der Waals surface area contributed by atoms with E-state index >= 15 is 0 Å². The standard InChI is InChI=1S/C14H20N6OS/c1-8(2)5-9-6-11(17-16-9)13(21)15-7-12-18-19-14(22)20(12)10-3-4-10/h6,8,10H,3-5,7H2,1-2H3,(H,15,21)(H,16,17)(H,19,22). The Hall–Kier alpha value is -1.96. The second-order valence-corrected chi connectivity index (χ2v) is 6.49. The van der Waals surface area contributed by atoms with Crippen molar-refractivity contribution < 1.29 is 4.79 Å². The molecule has 0 radical (unpaired) electrons. The molecule has 118 valence electrons. The number of nitrogens with one attached hydrogen (secondary N) is 3. The number of carbonyl (C=O) groups is 1. The summed E-state index contributed by atoms with van der Waals surface area (Å²) in [7, 11) is 0. The number of rotatable bonds is 6. The summed E-state index contributed by atoms with van der Waals surface area (Å²) in [6.45, 7) is 4.59. The van der Waals surface area contributed by atoms with E-state index in [9.17, 15) is 4.79 Å². The average molecular weight is 320 g/mol. The highest BCUT2D eigenvalue weighted by molar-refractivity contribution is 7.71. The second-order valence-electron chi connectivity index (χ2n) is 6.11. The average Bonchev–Trinajstić information content (AvgIpc) is 3.07. The van der Waals surface area contributed by atoms with Crippen LogP contribution in [0.15, 0.2) is 6.07 Å². The lowest BCUT2D eigenvalue weighted by Crippen LogP contribution is -2.25. The molecule has 1 aliphatic rings. The first-order chi connectivity index (χ1) is 10.5. The van der Waals surface area contributed by atoms with Crippen LogP contribution >= 0.6 is 12.2 Å². The Labute approximate surface area is 133 Å². The van der Waals surface area contributed by atoms with Crippen molar-refractivity contribution in [2.24, 2.45) is 5.92 Å². The zero-order valence-electron chi connectivity index (χ0n) is 12.7. The van der Waals surface area contributed by atoms with Gasteiger partial charge in [0.25, 0.3) is 5.91 Å². The third-order valence-corrected chi connectivity index (χ3v) is 3.88. The van der Waals surface area contributed by atoms with Crippen LogP contribution in [0.2, 0.25) is 0 Å². The number of aromatic nitrogens is 5. The van der Waals surface area contributed by atoms with Crippen molar-refractivity contribution in [1.82, 2.24) is 30.3 Å². The first kappa shape index (κ1) is 15.0. The lowest BCUT2D eigenvalue weighted by molar-refractivity contribution is 0.0944. The summed E-state index contributed by atoms with van der Waals surface area (Å²) in [5.41, 5.74) is 1.38. The lowest BCUT2D eigenvalue weighted by atomic mass is 10.1. The lowest BCUT2D eigenvalue weighted by Gasteiger charge is -2.05. The largest absolute Gasteiger partial charge is 0.343 e. The van der Waals surface area contributed by atoms with Gasteiger partial charge in [-0.15, -0.1) is 0 Å².